The number of carbonyl (C=O) groups is 4. The van der Waals surface area contributed by atoms with Gasteiger partial charge in [0.05, 0.1) is 61.2 Å². The van der Waals surface area contributed by atoms with Crippen LogP contribution in [0.3, 0.4) is 0 Å². The van der Waals surface area contributed by atoms with Crippen LogP contribution in [0.4, 0.5) is 9.59 Å². The van der Waals surface area contributed by atoms with Gasteiger partial charge in [0.25, 0.3) is 0 Å². The molecule has 2 aliphatic heterocycles. The zero-order valence-electron chi connectivity index (χ0n) is 32.1. The number of H-pyrrole nitrogens is 2. The number of methoxy groups -OCH3 is 2. The number of hydrogen-bond acceptors (Lipinski definition) is 9. The van der Waals surface area contributed by atoms with Crippen LogP contribution in [0.2, 0.25) is 0 Å². The minimum absolute atomic E-state index is 0.117. The molecule has 4 atom stereocenters. The first kappa shape index (κ1) is 38.8. The van der Waals surface area contributed by atoms with E-state index in [1.165, 1.54) is 14.2 Å². The van der Waals surface area contributed by atoms with Crippen molar-refractivity contribution in [2.45, 2.75) is 84.0 Å². The first-order valence-electron chi connectivity index (χ1n) is 18.8. The number of amides is 4. The van der Waals surface area contributed by atoms with Crippen LogP contribution >= 0.6 is 0 Å². The van der Waals surface area contributed by atoms with Gasteiger partial charge in [-0.25, -0.2) is 19.6 Å². The summed E-state index contributed by atoms with van der Waals surface area (Å²) in [6.07, 6.45) is 1.88. The Morgan fingerprint density at radius 2 is 1.29 bits per heavy atom. The molecule has 0 saturated carbocycles. The third-order valence-corrected chi connectivity index (χ3v) is 10.5. The van der Waals surface area contributed by atoms with E-state index in [0.29, 0.717) is 42.5 Å². The minimum atomic E-state index is -0.748. The Kier molecular flexibility index (Phi) is 11.7. The second-order valence-corrected chi connectivity index (χ2v) is 14.8. The average Bonchev–Trinajstić information content (AvgIpc) is 4.01. The number of ether oxygens (including phenoxy) is 2. The van der Waals surface area contributed by atoms with Crippen LogP contribution in [-0.4, -0.2) is 93.1 Å². The van der Waals surface area contributed by atoms with Crippen molar-refractivity contribution in [3.63, 3.8) is 0 Å². The Balaban J connectivity index is 1.21. The Morgan fingerprint density at radius 1 is 0.782 bits per heavy atom. The van der Waals surface area contributed by atoms with Gasteiger partial charge in [0.15, 0.2) is 0 Å². The van der Waals surface area contributed by atoms with Gasteiger partial charge in [0.1, 0.15) is 23.7 Å². The van der Waals surface area contributed by atoms with Crippen LogP contribution in [0.25, 0.3) is 33.4 Å². The number of nitriles is 1. The van der Waals surface area contributed by atoms with E-state index in [4.69, 9.17) is 19.4 Å². The van der Waals surface area contributed by atoms with Crippen molar-refractivity contribution >= 4 is 35.0 Å². The lowest BCUT2D eigenvalue weighted by Gasteiger charge is -2.30. The largest absolute Gasteiger partial charge is 0.453 e. The molecule has 55 heavy (non-hydrogen) atoms. The number of fused-ring (bicyclic) bond motifs is 1. The molecule has 0 unspecified atom stereocenters. The second-order valence-electron chi connectivity index (χ2n) is 14.8. The predicted octanol–water partition coefficient (Wildman–Crippen LogP) is 5.77. The summed E-state index contributed by atoms with van der Waals surface area (Å²) in [5.74, 6) is 0.675. The third kappa shape index (κ3) is 8.13. The Hall–Kier alpha value is -5.91. The molecule has 4 aromatic rings. The third-order valence-electron chi connectivity index (χ3n) is 10.5. The number of likely N-dealkylation sites (tertiary alicyclic amines) is 2. The van der Waals surface area contributed by atoms with Gasteiger partial charge in [-0.1, -0.05) is 58.0 Å². The van der Waals surface area contributed by atoms with Gasteiger partial charge in [-0.3, -0.25) is 9.59 Å². The van der Waals surface area contributed by atoms with Crippen molar-refractivity contribution in [3.8, 4) is 28.5 Å². The van der Waals surface area contributed by atoms with Gasteiger partial charge >= 0.3 is 12.2 Å². The van der Waals surface area contributed by atoms with E-state index < -0.39 is 24.3 Å². The monoisotopic (exact) mass is 751 g/mol. The predicted molar refractivity (Wildman–Crippen MR) is 204 cm³/mol. The summed E-state index contributed by atoms with van der Waals surface area (Å²) in [5.41, 5.74) is 5.72. The molecule has 2 aromatic heterocycles. The molecule has 0 aliphatic carbocycles. The maximum absolute atomic E-state index is 13.7. The number of hydrogen-bond donors (Lipinski definition) is 4. The van der Waals surface area contributed by atoms with Crippen molar-refractivity contribution in [2.24, 2.45) is 11.8 Å². The topological polar surface area (TPSA) is 198 Å². The lowest BCUT2D eigenvalue weighted by Crippen LogP contribution is -2.51. The maximum atomic E-state index is 13.7. The smallest absolute Gasteiger partial charge is 0.407 e. The molecule has 6 rings (SSSR count). The standard InChI is InChI=1S/C40H49N9O6/c1-22(2)32(46-39(52)54-5)37(50)48-19-7-9-30(48)35-42-27-16-15-26(21-29(27)44-35)24-11-13-25(14-12-24)34-28(17-18-41)43-36(45-34)31-10-8-20-49(31)38(51)33(23(3)4)47-40(53)55-6/h11-16,21-23,30-33H,7-10,17,19-20H2,1-6H3,(H,42,44)(H,43,45)(H,46,52)(H,47,53)/t30-,31-,32-,33-/m0/s1. The molecular formula is C40H49N9O6. The Morgan fingerprint density at radius 3 is 1.80 bits per heavy atom. The van der Waals surface area contributed by atoms with Crippen molar-refractivity contribution in [1.82, 2.24) is 40.4 Å². The van der Waals surface area contributed by atoms with E-state index in [2.05, 4.69) is 26.7 Å². The van der Waals surface area contributed by atoms with E-state index in [-0.39, 0.29) is 42.2 Å². The summed E-state index contributed by atoms with van der Waals surface area (Å²) in [4.78, 5) is 71.5. The normalized spacial score (nSPS) is 18.0. The molecule has 2 aliphatic rings. The highest BCUT2D eigenvalue weighted by Gasteiger charge is 2.39. The van der Waals surface area contributed by atoms with Crippen molar-refractivity contribution < 1.29 is 28.7 Å². The molecule has 4 N–H and O–H groups in total. The van der Waals surface area contributed by atoms with Gasteiger partial charge in [-0.05, 0) is 60.8 Å². The zero-order valence-corrected chi connectivity index (χ0v) is 32.1. The number of aromatic amines is 2. The number of benzene rings is 2. The molecule has 2 fully saturated rings. The number of aromatic nitrogens is 4. The molecule has 2 saturated heterocycles. The van der Waals surface area contributed by atoms with Crippen LogP contribution in [0.1, 0.15) is 82.8 Å². The lowest BCUT2D eigenvalue weighted by molar-refractivity contribution is -0.136. The number of nitrogens with zero attached hydrogens (tertiary/aromatic N) is 5. The van der Waals surface area contributed by atoms with Gasteiger partial charge in [-0.2, -0.15) is 5.26 Å². The molecule has 0 bridgehead atoms. The maximum Gasteiger partial charge on any atom is 0.407 e. The van der Waals surface area contributed by atoms with Gasteiger partial charge in [-0.15, -0.1) is 0 Å². The van der Waals surface area contributed by atoms with E-state index in [1.807, 2.05) is 70.2 Å². The van der Waals surface area contributed by atoms with Gasteiger partial charge < -0.3 is 39.9 Å². The highest BCUT2D eigenvalue weighted by Crippen LogP contribution is 2.36. The summed E-state index contributed by atoms with van der Waals surface area (Å²) >= 11 is 0. The fraction of sp³-hybridized carbons (Fsp3) is 0.475. The number of carbonyl (C=O) groups excluding carboxylic acids is 4. The van der Waals surface area contributed by atoms with Crippen LogP contribution < -0.4 is 10.6 Å². The molecule has 0 spiro atoms. The van der Waals surface area contributed by atoms with Crippen LogP contribution in [-0.2, 0) is 25.5 Å². The molecule has 0 radical (unpaired) electrons. The number of alkyl carbamates (subject to hydrolysis) is 2. The number of rotatable bonds is 11. The highest BCUT2D eigenvalue weighted by molar-refractivity contribution is 5.88. The first-order chi connectivity index (χ1) is 26.4. The van der Waals surface area contributed by atoms with E-state index >= 15 is 0 Å². The Bertz CT molecular complexity index is 2080. The quantitative estimate of drug-likeness (QED) is 0.147. The molecule has 290 valence electrons. The molecule has 4 heterocycles. The second kappa shape index (κ2) is 16.6. The van der Waals surface area contributed by atoms with Crippen molar-refractivity contribution in [2.75, 3.05) is 27.3 Å². The SMILES string of the molecule is COC(=O)N[C@H](C(=O)N1CCC[C@H]1c1nc(-c2ccc(-c3ccc4nc([C@@H]5CCCN5C(=O)[C@@H](NC(=O)OC)C(C)C)[nH]c4c3)cc2)c(CC#N)[nH]1)C(C)C. The fourth-order valence-corrected chi connectivity index (χ4v) is 7.61. The molecular weight excluding hydrogens is 702 g/mol. The summed E-state index contributed by atoms with van der Waals surface area (Å²) in [6, 6.07) is 14.2. The number of nitrogens with one attached hydrogen (secondary N) is 4. The molecule has 2 aromatic carbocycles. The summed E-state index contributed by atoms with van der Waals surface area (Å²) in [7, 11) is 2.55. The van der Waals surface area contributed by atoms with Crippen LogP contribution in [0.15, 0.2) is 42.5 Å². The number of imidazole rings is 2. The van der Waals surface area contributed by atoms with Gasteiger partial charge in [0, 0.05) is 18.7 Å². The summed E-state index contributed by atoms with van der Waals surface area (Å²) in [6.45, 7) is 8.63. The van der Waals surface area contributed by atoms with E-state index in [1.54, 1.807) is 9.80 Å². The van der Waals surface area contributed by atoms with Crippen molar-refractivity contribution in [1.29, 1.82) is 5.26 Å². The van der Waals surface area contributed by atoms with Crippen molar-refractivity contribution in [3.05, 3.63) is 59.8 Å². The van der Waals surface area contributed by atoms with Gasteiger partial charge in [0.2, 0.25) is 11.8 Å². The van der Waals surface area contributed by atoms with E-state index in [0.717, 1.165) is 47.0 Å². The van der Waals surface area contributed by atoms with E-state index in [9.17, 15) is 24.4 Å². The Labute approximate surface area is 320 Å². The fourth-order valence-electron chi connectivity index (χ4n) is 7.61. The summed E-state index contributed by atoms with van der Waals surface area (Å²) < 4.78 is 9.52. The molecule has 4 amide bonds. The minimum Gasteiger partial charge on any atom is -0.453 e. The summed E-state index contributed by atoms with van der Waals surface area (Å²) in [5, 5.41) is 15.0. The zero-order chi connectivity index (χ0) is 39.4. The average molecular weight is 752 g/mol. The van der Waals surface area contributed by atoms with Crippen LogP contribution in [0.5, 0.6) is 0 Å². The van der Waals surface area contributed by atoms with Crippen LogP contribution in [0, 0.1) is 23.2 Å². The lowest BCUT2D eigenvalue weighted by atomic mass is 10.0. The highest BCUT2D eigenvalue weighted by atomic mass is 16.5. The molecule has 15 heteroatoms. The molecule has 15 nitrogen and oxygen atoms in total. The first-order valence-corrected chi connectivity index (χ1v) is 18.8.